The van der Waals surface area contributed by atoms with Gasteiger partial charge in [0, 0.05) is 12.6 Å². The van der Waals surface area contributed by atoms with Crippen molar-refractivity contribution in [2.75, 3.05) is 6.54 Å². The summed E-state index contributed by atoms with van der Waals surface area (Å²) in [6, 6.07) is 7.88. The number of fused-ring (bicyclic) bond motifs is 1. The predicted molar refractivity (Wildman–Crippen MR) is 76.3 cm³/mol. The van der Waals surface area contributed by atoms with Gasteiger partial charge in [0.05, 0.1) is 15.6 Å². The van der Waals surface area contributed by atoms with Crippen molar-refractivity contribution in [2.45, 2.75) is 6.42 Å². The average molecular weight is 278 g/mol. The molecule has 2 N–H and O–H groups in total. The van der Waals surface area contributed by atoms with Gasteiger partial charge in [-0.3, -0.25) is 0 Å². The molecule has 3 aromatic heterocycles. The van der Waals surface area contributed by atoms with E-state index in [1.807, 2.05) is 34.2 Å². The molecule has 0 bridgehead atoms. The summed E-state index contributed by atoms with van der Waals surface area (Å²) < 4.78 is 2.03. The number of nitrogens with zero attached hydrogens (tertiary/aromatic N) is 2. The van der Waals surface area contributed by atoms with Gasteiger partial charge in [-0.1, -0.05) is 17.7 Å². The Hall–Kier alpha value is -1.36. The van der Waals surface area contributed by atoms with Gasteiger partial charge in [-0.15, -0.1) is 11.3 Å². The van der Waals surface area contributed by atoms with Gasteiger partial charge < -0.3 is 10.1 Å². The Bertz CT molecular complexity index is 673. The van der Waals surface area contributed by atoms with Crippen molar-refractivity contribution in [3.63, 3.8) is 0 Å². The molecule has 0 aliphatic carbocycles. The van der Waals surface area contributed by atoms with E-state index < -0.39 is 0 Å². The lowest BCUT2D eigenvalue weighted by atomic mass is 10.2. The molecule has 18 heavy (non-hydrogen) atoms. The Morgan fingerprint density at radius 2 is 2.22 bits per heavy atom. The van der Waals surface area contributed by atoms with Crippen LogP contribution in [0.3, 0.4) is 0 Å². The fourth-order valence-corrected chi connectivity index (χ4v) is 3.01. The quantitative estimate of drug-likeness (QED) is 0.799. The van der Waals surface area contributed by atoms with Crippen LogP contribution in [0, 0.1) is 0 Å². The summed E-state index contributed by atoms with van der Waals surface area (Å²) in [6.45, 7) is 0.596. The van der Waals surface area contributed by atoms with E-state index in [4.69, 9.17) is 17.3 Å². The topological polar surface area (TPSA) is 43.3 Å². The molecule has 0 atom stereocenters. The molecule has 0 aliphatic rings. The van der Waals surface area contributed by atoms with Crippen molar-refractivity contribution in [1.29, 1.82) is 0 Å². The molecule has 0 radical (unpaired) electrons. The summed E-state index contributed by atoms with van der Waals surface area (Å²) in [5.41, 5.74) is 8.61. The maximum Gasteiger partial charge on any atom is 0.156 e. The maximum absolute atomic E-state index is 6.19. The second-order valence-electron chi connectivity index (χ2n) is 3.97. The van der Waals surface area contributed by atoms with Crippen LogP contribution in [-0.4, -0.2) is 15.9 Å². The van der Waals surface area contributed by atoms with Crippen LogP contribution in [0.5, 0.6) is 0 Å². The van der Waals surface area contributed by atoms with Crippen LogP contribution in [-0.2, 0) is 6.42 Å². The highest BCUT2D eigenvalue weighted by Crippen LogP contribution is 2.30. The highest BCUT2D eigenvalue weighted by Gasteiger charge is 2.15. The third kappa shape index (κ3) is 1.82. The predicted octanol–water partition coefficient (Wildman–Crippen LogP) is 3.22. The minimum absolute atomic E-state index is 0.596. The molecule has 3 rings (SSSR count). The summed E-state index contributed by atoms with van der Waals surface area (Å²) >= 11 is 7.87. The lowest BCUT2D eigenvalue weighted by Crippen LogP contribution is -2.06. The van der Waals surface area contributed by atoms with Crippen LogP contribution in [0.15, 0.2) is 35.8 Å². The molecule has 5 heteroatoms. The lowest BCUT2D eigenvalue weighted by Gasteiger charge is -2.02. The van der Waals surface area contributed by atoms with Gasteiger partial charge in [0.15, 0.2) is 5.65 Å². The van der Waals surface area contributed by atoms with Crippen molar-refractivity contribution in [3.8, 4) is 10.6 Å². The molecule has 0 aromatic carbocycles. The second kappa shape index (κ2) is 4.72. The third-order valence-corrected chi connectivity index (χ3v) is 4.01. The summed E-state index contributed by atoms with van der Waals surface area (Å²) in [7, 11) is 0. The van der Waals surface area contributed by atoms with E-state index in [2.05, 4.69) is 11.1 Å². The van der Waals surface area contributed by atoms with Gasteiger partial charge in [0.25, 0.3) is 0 Å². The van der Waals surface area contributed by atoms with Gasteiger partial charge in [0.2, 0.25) is 0 Å². The third-order valence-electron chi connectivity index (χ3n) is 2.84. The minimum atomic E-state index is 0.596. The van der Waals surface area contributed by atoms with Crippen LogP contribution < -0.4 is 5.73 Å². The first kappa shape index (κ1) is 11.7. The van der Waals surface area contributed by atoms with Crippen molar-refractivity contribution in [1.82, 2.24) is 9.38 Å². The van der Waals surface area contributed by atoms with Crippen molar-refractivity contribution in [2.24, 2.45) is 5.73 Å². The normalized spacial score (nSPS) is 11.2. The average Bonchev–Trinajstić information content (AvgIpc) is 2.98. The Kier molecular flexibility index (Phi) is 3.07. The Morgan fingerprint density at radius 1 is 1.33 bits per heavy atom. The zero-order valence-corrected chi connectivity index (χ0v) is 11.2. The van der Waals surface area contributed by atoms with Crippen LogP contribution in [0.1, 0.15) is 5.69 Å². The molecule has 3 aromatic rings. The molecule has 3 heterocycles. The fraction of sp³-hybridized carbons (Fsp3) is 0.154. The van der Waals surface area contributed by atoms with Crippen molar-refractivity contribution < 1.29 is 0 Å². The molecule has 0 saturated carbocycles. The van der Waals surface area contributed by atoms with Gasteiger partial charge in [0.1, 0.15) is 5.69 Å². The van der Waals surface area contributed by atoms with Crippen LogP contribution in [0.2, 0.25) is 5.02 Å². The molecule has 0 unspecified atom stereocenters. The number of thiophene rings is 1. The lowest BCUT2D eigenvalue weighted by molar-refractivity contribution is 0.907. The summed E-state index contributed by atoms with van der Waals surface area (Å²) in [5, 5.41) is 2.71. The van der Waals surface area contributed by atoms with Crippen molar-refractivity contribution >= 4 is 28.6 Å². The number of hydrogen-bond donors (Lipinski definition) is 1. The van der Waals surface area contributed by atoms with Crippen LogP contribution >= 0.6 is 22.9 Å². The number of nitrogens with two attached hydrogens (primary N) is 1. The highest BCUT2D eigenvalue weighted by atomic mass is 35.5. The standard InChI is InChI=1S/C13H12ClN3S/c14-9-3-1-7-17-10(5-6-15)12(16-13(9)17)11-4-2-8-18-11/h1-4,7-8H,5-6,15H2. The second-order valence-corrected chi connectivity index (χ2v) is 5.33. The molecule has 0 aliphatic heterocycles. The highest BCUT2D eigenvalue weighted by molar-refractivity contribution is 7.13. The SMILES string of the molecule is NCCc1c(-c2cccs2)nc2c(Cl)cccn12. The molecule has 0 fully saturated rings. The van der Waals surface area contributed by atoms with Crippen molar-refractivity contribution in [3.05, 3.63) is 46.6 Å². The van der Waals surface area contributed by atoms with E-state index in [0.717, 1.165) is 28.3 Å². The number of pyridine rings is 1. The largest absolute Gasteiger partial charge is 0.330 e. The molecular weight excluding hydrogens is 266 g/mol. The van der Waals surface area contributed by atoms with Crippen LogP contribution in [0.25, 0.3) is 16.2 Å². The van der Waals surface area contributed by atoms with Gasteiger partial charge in [-0.2, -0.15) is 0 Å². The summed E-state index contributed by atoms with van der Waals surface area (Å²) in [5.74, 6) is 0. The van der Waals surface area contributed by atoms with E-state index >= 15 is 0 Å². The summed E-state index contributed by atoms with van der Waals surface area (Å²) in [6.07, 6.45) is 2.77. The fourth-order valence-electron chi connectivity index (χ4n) is 2.07. The summed E-state index contributed by atoms with van der Waals surface area (Å²) in [4.78, 5) is 5.81. The van der Waals surface area contributed by atoms with E-state index in [1.165, 1.54) is 0 Å². The first-order valence-electron chi connectivity index (χ1n) is 5.70. The monoisotopic (exact) mass is 277 g/mol. The molecule has 0 saturated heterocycles. The van der Waals surface area contributed by atoms with E-state index in [0.29, 0.717) is 11.6 Å². The van der Waals surface area contributed by atoms with E-state index in [9.17, 15) is 0 Å². The Morgan fingerprint density at radius 3 is 2.94 bits per heavy atom. The number of aromatic nitrogens is 2. The van der Waals surface area contributed by atoms with Gasteiger partial charge in [-0.05, 0) is 30.1 Å². The first-order valence-corrected chi connectivity index (χ1v) is 6.96. The maximum atomic E-state index is 6.19. The van der Waals surface area contributed by atoms with Crippen LogP contribution in [0.4, 0.5) is 0 Å². The molecule has 3 nitrogen and oxygen atoms in total. The van der Waals surface area contributed by atoms with E-state index in [1.54, 1.807) is 11.3 Å². The molecule has 0 amide bonds. The number of halogens is 1. The Balaban J connectivity index is 2.30. The molecule has 0 spiro atoms. The molecule has 92 valence electrons. The number of rotatable bonds is 3. The number of imidazole rings is 1. The van der Waals surface area contributed by atoms with E-state index in [-0.39, 0.29) is 0 Å². The van der Waals surface area contributed by atoms with Gasteiger partial charge in [-0.25, -0.2) is 4.98 Å². The molecular formula is C13H12ClN3S. The number of hydrogen-bond acceptors (Lipinski definition) is 3. The zero-order valence-electron chi connectivity index (χ0n) is 9.64. The first-order chi connectivity index (χ1) is 8.81. The smallest absolute Gasteiger partial charge is 0.156 e. The Labute approximate surface area is 114 Å². The zero-order chi connectivity index (χ0) is 12.5. The van der Waals surface area contributed by atoms with Gasteiger partial charge >= 0.3 is 0 Å². The minimum Gasteiger partial charge on any atom is -0.330 e.